The molecular weight excluding hydrogens is 422 g/mol. The Bertz CT molecular complexity index is 928. The lowest BCUT2D eigenvalue weighted by Crippen LogP contribution is -2.48. The standard InChI is InChI=1S/C21H26ClN5O4/c22-18-13-17(31-12-11-28)5-6-20(18)27-9-7-26(8-10-27)14-19(24-29)15-1-3-16(4-2-15)21(23)25-30/h1-6,13,28-30H,7-12,14H2,(H2,23,25)/b24-19-. The Morgan fingerprint density at radius 1 is 1.00 bits per heavy atom. The Morgan fingerprint density at radius 2 is 1.68 bits per heavy atom. The molecule has 5 N–H and O–H groups in total. The largest absolute Gasteiger partial charge is 0.491 e. The third kappa shape index (κ3) is 5.78. The molecule has 1 aliphatic rings. The first kappa shape index (κ1) is 22.7. The molecule has 0 spiro atoms. The second-order valence-electron chi connectivity index (χ2n) is 7.06. The van der Waals surface area contributed by atoms with Gasteiger partial charge in [-0.3, -0.25) is 4.90 Å². The van der Waals surface area contributed by atoms with Crippen LogP contribution in [0, 0.1) is 0 Å². The average molecular weight is 448 g/mol. The third-order valence-corrected chi connectivity index (χ3v) is 5.41. The number of hydrogen-bond donors (Lipinski definition) is 4. The van der Waals surface area contributed by atoms with E-state index in [4.69, 9.17) is 32.4 Å². The first-order valence-electron chi connectivity index (χ1n) is 9.85. The van der Waals surface area contributed by atoms with Gasteiger partial charge in [0.2, 0.25) is 0 Å². The van der Waals surface area contributed by atoms with Crippen LogP contribution in [0.2, 0.25) is 5.02 Å². The summed E-state index contributed by atoms with van der Waals surface area (Å²) in [7, 11) is 0. The van der Waals surface area contributed by atoms with Gasteiger partial charge in [0.15, 0.2) is 5.84 Å². The summed E-state index contributed by atoms with van der Waals surface area (Å²) in [4.78, 5) is 4.41. The van der Waals surface area contributed by atoms with Crippen molar-refractivity contribution in [2.24, 2.45) is 16.0 Å². The number of nitrogens with two attached hydrogens (primary N) is 1. The van der Waals surface area contributed by atoms with Crippen molar-refractivity contribution in [2.75, 3.05) is 50.8 Å². The lowest BCUT2D eigenvalue weighted by Gasteiger charge is -2.36. The number of benzene rings is 2. The zero-order valence-corrected chi connectivity index (χ0v) is 17.7. The van der Waals surface area contributed by atoms with Gasteiger partial charge in [-0.1, -0.05) is 46.2 Å². The Hall–Kier alpha value is -3.01. The Balaban J connectivity index is 1.58. The molecule has 2 aromatic carbocycles. The van der Waals surface area contributed by atoms with E-state index in [-0.39, 0.29) is 19.0 Å². The SMILES string of the molecule is N/C(=N\O)c1ccc(/C(CN2CCN(c3ccc(OCCO)cc3Cl)CC2)=N\O)cc1. The number of halogens is 1. The van der Waals surface area contributed by atoms with Crippen LogP contribution >= 0.6 is 11.6 Å². The molecule has 9 nitrogen and oxygen atoms in total. The fourth-order valence-corrected chi connectivity index (χ4v) is 3.72. The number of rotatable bonds is 8. The van der Waals surface area contributed by atoms with Crippen LogP contribution in [-0.2, 0) is 0 Å². The van der Waals surface area contributed by atoms with Gasteiger partial charge in [0.25, 0.3) is 0 Å². The molecule has 166 valence electrons. The zero-order valence-electron chi connectivity index (χ0n) is 17.0. The summed E-state index contributed by atoms with van der Waals surface area (Å²) in [6.45, 7) is 3.79. The maximum atomic E-state index is 9.51. The Kier molecular flexibility index (Phi) is 7.94. The summed E-state index contributed by atoms with van der Waals surface area (Å²) >= 11 is 6.43. The van der Waals surface area contributed by atoms with E-state index in [2.05, 4.69) is 20.1 Å². The van der Waals surface area contributed by atoms with Crippen LogP contribution in [-0.4, -0.2) is 77.9 Å². The molecule has 1 fully saturated rings. The Labute approximate surface area is 185 Å². The summed E-state index contributed by atoms with van der Waals surface area (Å²) in [5, 5.41) is 34.2. The molecule has 2 aromatic rings. The third-order valence-electron chi connectivity index (χ3n) is 5.11. The fourth-order valence-electron chi connectivity index (χ4n) is 3.43. The summed E-state index contributed by atoms with van der Waals surface area (Å²) in [5.41, 5.74) is 8.42. The maximum Gasteiger partial charge on any atom is 0.170 e. The molecule has 0 bridgehead atoms. The summed E-state index contributed by atoms with van der Waals surface area (Å²) in [6.07, 6.45) is 0. The minimum atomic E-state index is -0.0461. The van der Waals surface area contributed by atoms with Crippen molar-refractivity contribution in [3.8, 4) is 5.75 Å². The second kappa shape index (κ2) is 10.9. The van der Waals surface area contributed by atoms with Crippen molar-refractivity contribution in [2.45, 2.75) is 0 Å². The van der Waals surface area contributed by atoms with E-state index in [0.717, 1.165) is 37.4 Å². The molecule has 0 unspecified atom stereocenters. The van der Waals surface area contributed by atoms with E-state index in [1.165, 1.54) is 0 Å². The molecule has 1 saturated heterocycles. The quantitative estimate of drug-likeness (QED) is 0.210. The van der Waals surface area contributed by atoms with Crippen LogP contribution in [0.5, 0.6) is 5.75 Å². The van der Waals surface area contributed by atoms with Gasteiger partial charge in [0, 0.05) is 49.9 Å². The molecule has 3 rings (SSSR count). The topological polar surface area (TPSA) is 127 Å². The van der Waals surface area contributed by atoms with E-state index in [9.17, 15) is 5.21 Å². The highest BCUT2D eigenvalue weighted by molar-refractivity contribution is 6.33. The minimum Gasteiger partial charge on any atom is -0.491 e. The highest BCUT2D eigenvalue weighted by Crippen LogP contribution is 2.30. The first-order valence-corrected chi connectivity index (χ1v) is 10.2. The zero-order chi connectivity index (χ0) is 22.2. The number of aliphatic hydroxyl groups is 1. The van der Waals surface area contributed by atoms with Crippen LogP contribution in [0.1, 0.15) is 11.1 Å². The molecular formula is C21H26ClN5O4. The number of aliphatic hydroxyl groups excluding tert-OH is 1. The van der Waals surface area contributed by atoms with Crippen LogP contribution in [0.15, 0.2) is 52.8 Å². The maximum absolute atomic E-state index is 9.51. The van der Waals surface area contributed by atoms with Gasteiger partial charge in [0.1, 0.15) is 18.1 Å². The van der Waals surface area contributed by atoms with Crippen molar-refractivity contribution < 1.29 is 20.3 Å². The Morgan fingerprint density at radius 3 is 2.26 bits per heavy atom. The lowest BCUT2D eigenvalue weighted by atomic mass is 10.1. The normalized spacial score (nSPS) is 15.9. The summed E-state index contributed by atoms with van der Waals surface area (Å²) in [6, 6.07) is 12.5. The van der Waals surface area contributed by atoms with E-state index in [1.54, 1.807) is 30.3 Å². The smallest absolute Gasteiger partial charge is 0.170 e. The fraction of sp³-hybridized carbons (Fsp3) is 0.333. The van der Waals surface area contributed by atoms with Crippen molar-refractivity contribution in [3.05, 3.63) is 58.6 Å². The predicted octanol–water partition coefficient (Wildman–Crippen LogP) is 1.81. The number of oxime groups is 2. The number of nitrogens with zero attached hydrogens (tertiary/aromatic N) is 4. The van der Waals surface area contributed by atoms with E-state index < -0.39 is 0 Å². The minimum absolute atomic E-state index is 0.0248. The number of anilines is 1. The molecule has 0 aliphatic carbocycles. The van der Waals surface area contributed by atoms with Gasteiger partial charge in [-0.05, 0) is 12.1 Å². The van der Waals surface area contributed by atoms with Gasteiger partial charge in [0.05, 0.1) is 17.3 Å². The van der Waals surface area contributed by atoms with Crippen LogP contribution in [0.3, 0.4) is 0 Å². The van der Waals surface area contributed by atoms with Gasteiger partial charge < -0.3 is 30.9 Å². The lowest BCUT2D eigenvalue weighted by molar-refractivity contribution is 0.201. The molecule has 0 saturated carbocycles. The van der Waals surface area contributed by atoms with Gasteiger partial charge in [-0.25, -0.2) is 0 Å². The number of ether oxygens (including phenoxy) is 1. The molecule has 0 amide bonds. The number of piperazine rings is 1. The molecule has 1 heterocycles. The first-order chi connectivity index (χ1) is 15.0. The molecule has 0 aromatic heterocycles. The van der Waals surface area contributed by atoms with Gasteiger partial charge in [-0.15, -0.1) is 0 Å². The summed E-state index contributed by atoms with van der Waals surface area (Å²) < 4.78 is 5.40. The molecule has 0 atom stereocenters. The second-order valence-corrected chi connectivity index (χ2v) is 7.46. The highest BCUT2D eigenvalue weighted by atomic mass is 35.5. The van der Waals surface area contributed by atoms with Crippen LogP contribution in [0.4, 0.5) is 5.69 Å². The summed E-state index contributed by atoms with van der Waals surface area (Å²) in [5.74, 6) is 0.653. The van der Waals surface area contributed by atoms with Crippen molar-refractivity contribution in [1.82, 2.24) is 4.90 Å². The average Bonchev–Trinajstić information content (AvgIpc) is 2.81. The van der Waals surface area contributed by atoms with E-state index in [0.29, 0.717) is 28.6 Å². The van der Waals surface area contributed by atoms with E-state index in [1.807, 2.05) is 12.1 Å². The predicted molar refractivity (Wildman–Crippen MR) is 120 cm³/mol. The number of amidine groups is 1. The monoisotopic (exact) mass is 447 g/mol. The van der Waals surface area contributed by atoms with E-state index >= 15 is 0 Å². The highest BCUT2D eigenvalue weighted by Gasteiger charge is 2.21. The van der Waals surface area contributed by atoms with Gasteiger partial charge in [-0.2, -0.15) is 0 Å². The number of hydrogen-bond acceptors (Lipinski definition) is 8. The molecule has 0 radical (unpaired) electrons. The van der Waals surface area contributed by atoms with Crippen molar-refractivity contribution in [3.63, 3.8) is 0 Å². The molecule has 1 aliphatic heterocycles. The van der Waals surface area contributed by atoms with Crippen molar-refractivity contribution >= 4 is 28.8 Å². The van der Waals surface area contributed by atoms with Gasteiger partial charge >= 0.3 is 0 Å². The molecule has 31 heavy (non-hydrogen) atoms. The van der Waals surface area contributed by atoms with Crippen LogP contribution in [0.25, 0.3) is 0 Å². The van der Waals surface area contributed by atoms with Crippen LogP contribution < -0.4 is 15.4 Å². The van der Waals surface area contributed by atoms with Crippen molar-refractivity contribution in [1.29, 1.82) is 0 Å². The molecule has 10 heteroatoms.